The summed E-state index contributed by atoms with van der Waals surface area (Å²) in [6, 6.07) is 1.26. The van der Waals surface area contributed by atoms with Crippen molar-refractivity contribution in [2.75, 3.05) is 13.6 Å². The van der Waals surface area contributed by atoms with E-state index in [1.165, 1.54) is 57.9 Å². The van der Waals surface area contributed by atoms with Crippen LogP contribution in [0.5, 0.6) is 0 Å². The maximum absolute atomic E-state index is 6.04. The summed E-state index contributed by atoms with van der Waals surface area (Å²) >= 11 is 0. The molecule has 90 valence electrons. The van der Waals surface area contributed by atoms with Gasteiger partial charge in [-0.2, -0.15) is 0 Å². The van der Waals surface area contributed by atoms with E-state index in [-0.39, 0.29) is 0 Å². The Bertz CT molecular complexity index is 153. The van der Waals surface area contributed by atoms with E-state index in [1.807, 2.05) is 0 Å². The molecule has 2 N–H and O–H groups in total. The summed E-state index contributed by atoms with van der Waals surface area (Å²) in [5.41, 5.74) is 6.04. The SMILES string of the molecule is CCCC(N)CCN(C)C1CCCCC1. The summed E-state index contributed by atoms with van der Waals surface area (Å²) in [7, 11) is 2.27. The van der Waals surface area contributed by atoms with Crippen LogP contribution in [-0.4, -0.2) is 30.6 Å². The second-order valence-corrected chi connectivity index (χ2v) is 5.11. The lowest BCUT2D eigenvalue weighted by molar-refractivity contribution is 0.185. The third kappa shape index (κ3) is 4.98. The molecular weight excluding hydrogens is 184 g/mol. The molecule has 1 saturated carbocycles. The molecule has 0 aliphatic heterocycles. The summed E-state index contributed by atoms with van der Waals surface area (Å²) < 4.78 is 0. The summed E-state index contributed by atoms with van der Waals surface area (Å²) in [6.45, 7) is 3.40. The van der Waals surface area contributed by atoms with Crippen LogP contribution in [0, 0.1) is 0 Å². The normalized spacial score (nSPS) is 20.8. The van der Waals surface area contributed by atoms with Crippen LogP contribution in [-0.2, 0) is 0 Å². The smallest absolute Gasteiger partial charge is 0.00922 e. The zero-order valence-corrected chi connectivity index (χ0v) is 10.5. The Morgan fingerprint density at radius 2 is 1.87 bits per heavy atom. The van der Waals surface area contributed by atoms with Crippen LogP contribution in [0.4, 0.5) is 0 Å². The van der Waals surface area contributed by atoms with Crippen LogP contribution in [0.25, 0.3) is 0 Å². The van der Waals surface area contributed by atoms with Gasteiger partial charge in [0.15, 0.2) is 0 Å². The fraction of sp³-hybridized carbons (Fsp3) is 1.00. The molecule has 1 aliphatic carbocycles. The molecule has 1 rings (SSSR count). The number of nitrogens with two attached hydrogens (primary N) is 1. The third-order valence-corrected chi connectivity index (χ3v) is 3.71. The Morgan fingerprint density at radius 1 is 1.20 bits per heavy atom. The highest BCUT2D eigenvalue weighted by atomic mass is 15.1. The average molecular weight is 212 g/mol. The predicted octanol–water partition coefficient (Wildman–Crippen LogP) is 2.77. The van der Waals surface area contributed by atoms with Gasteiger partial charge in [-0.15, -0.1) is 0 Å². The molecule has 0 spiro atoms. The van der Waals surface area contributed by atoms with Gasteiger partial charge in [-0.05, 0) is 39.3 Å². The number of hydrogen-bond acceptors (Lipinski definition) is 2. The van der Waals surface area contributed by atoms with Crippen molar-refractivity contribution < 1.29 is 0 Å². The second-order valence-electron chi connectivity index (χ2n) is 5.11. The minimum absolute atomic E-state index is 0.418. The van der Waals surface area contributed by atoms with Gasteiger partial charge in [-0.25, -0.2) is 0 Å². The largest absolute Gasteiger partial charge is 0.328 e. The van der Waals surface area contributed by atoms with Gasteiger partial charge >= 0.3 is 0 Å². The monoisotopic (exact) mass is 212 g/mol. The van der Waals surface area contributed by atoms with E-state index >= 15 is 0 Å². The van der Waals surface area contributed by atoms with E-state index in [0.29, 0.717) is 6.04 Å². The Labute approximate surface area is 95.2 Å². The van der Waals surface area contributed by atoms with Crippen molar-refractivity contribution in [2.24, 2.45) is 5.73 Å². The second kappa shape index (κ2) is 7.24. The molecule has 0 aromatic rings. The van der Waals surface area contributed by atoms with Crippen molar-refractivity contribution in [1.29, 1.82) is 0 Å². The van der Waals surface area contributed by atoms with Gasteiger partial charge in [0.05, 0.1) is 0 Å². The first-order chi connectivity index (χ1) is 7.24. The predicted molar refractivity (Wildman–Crippen MR) is 67.0 cm³/mol. The van der Waals surface area contributed by atoms with Gasteiger partial charge in [-0.3, -0.25) is 0 Å². The van der Waals surface area contributed by atoms with Crippen LogP contribution in [0.1, 0.15) is 58.3 Å². The molecule has 2 heteroatoms. The van der Waals surface area contributed by atoms with Gasteiger partial charge in [0.25, 0.3) is 0 Å². The molecule has 0 radical (unpaired) electrons. The van der Waals surface area contributed by atoms with Gasteiger partial charge in [0.1, 0.15) is 0 Å². The molecule has 0 bridgehead atoms. The van der Waals surface area contributed by atoms with Crippen molar-refractivity contribution in [3.8, 4) is 0 Å². The zero-order chi connectivity index (χ0) is 11.1. The fourth-order valence-electron chi connectivity index (χ4n) is 2.59. The van der Waals surface area contributed by atoms with Crippen LogP contribution in [0.15, 0.2) is 0 Å². The minimum atomic E-state index is 0.418. The summed E-state index contributed by atoms with van der Waals surface area (Å²) in [6.07, 6.45) is 10.7. The highest BCUT2D eigenvalue weighted by Crippen LogP contribution is 2.21. The number of rotatable bonds is 6. The lowest BCUT2D eigenvalue weighted by Crippen LogP contribution is -2.36. The van der Waals surface area contributed by atoms with Gasteiger partial charge < -0.3 is 10.6 Å². The Kier molecular flexibility index (Phi) is 6.26. The molecule has 1 unspecified atom stereocenters. The highest BCUT2D eigenvalue weighted by molar-refractivity contribution is 4.74. The fourth-order valence-corrected chi connectivity index (χ4v) is 2.59. The Balaban J connectivity index is 2.13. The molecule has 0 aromatic heterocycles. The molecule has 0 saturated heterocycles. The molecule has 0 heterocycles. The lowest BCUT2D eigenvalue weighted by Gasteiger charge is -2.31. The van der Waals surface area contributed by atoms with Gasteiger partial charge in [0.2, 0.25) is 0 Å². The topological polar surface area (TPSA) is 29.3 Å². The van der Waals surface area contributed by atoms with E-state index in [9.17, 15) is 0 Å². The van der Waals surface area contributed by atoms with E-state index in [1.54, 1.807) is 0 Å². The molecule has 0 amide bonds. The quantitative estimate of drug-likeness (QED) is 0.733. The molecule has 0 aromatic carbocycles. The number of hydrogen-bond donors (Lipinski definition) is 1. The van der Waals surface area contributed by atoms with Crippen molar-refractivity contribution in [2.45, 2.75) is 70.4 Å². The zero-order valence-electron chi connectivity index (χ0n) is 10.5. The molecule has 2 nitrogen and oxygen atoms in total. The summed E-state index contributed by atoms with van der Waals surface area (Å²) in [4.78, 5) is 2.54. The van der Waals surface area contributed by atoms with Crippen molar-refractivity contribution >= 4 is 0 Å². The first-order valence-electron chi connectivity index (χ1n) is 6.70. The standard InChI is InChI=1S/C13H28N2/c1-3-7-12(14)10-11-15(2)13-8-5-4-6-9-13/h12-13H,3-11,14H2,1-2H3. The van der Waals surface area contributed by atoms with E-state index in [4.69, 9.17) is 5.73 Å². The van der Waals surface area contributed by atoms with Crippen LogP contribution >= 0.6 is 0 Å². The molecule has 15 heavy (non-hydrogen) atoms. The average Bonchev–Trinajstić information content (AvgIpc) is 2.27. The highest BCUT2D eigenvalue weighted by Gasteiger charge is 2.17. The molecule has 1 atom stereocenters. The molecule has 1 fully saturated rings. The number of nitrogens with zero attached hydrogens (tertiary/aromatic N) is 1. The van der Waals surface area contributed by atoms with Crippen molar-refractivity contribution in [3.63, 3.8) is 0 Å². The first-order valence-corrected chi connectivity index (χ1v) is 6.70. The lowest BCUT2D eigenvalue weighted by atomic mass is 9.94. The first kappa shape index (κ1) is 13.0. The van der Waals surface area contributed by atoms with Gasteiger partial charge in [-0.1, -0.05) is 32.6 Å². The van der Waals surface area contributed by atoms with E-state index in [0.717, 1.165) is 6.04 Å². The van der Waals surface area contributed by atoms with Crippen LogP contribution < -0.4 is 5.73 Å². The minimum Gasteiger partial charge on any atom is -0.328 e. The van der Waals surface area contributed by atoms with Gasteiger partial charge in [0, 0.05) is 12.1 Å². The maximum Gasteiger partial charge on any atom is 0.00922 e. The van der Waals surface area contributed by atoms with Crippen molar-refractivity contribution in [3.05, 3.63) is 0 Å². The Hall–Kier alpha value is -0.0800. The molecular formula is C13H28N2. The van der Waals surface area contributed by atoms with E-state index in [2.05, 4.69) is 18.9 Å². The van der Waals surface area contributed by atoms with Crippen LogP contribution in [0.2, 0.25) is 0 Å². The van der Waals surface area contributed by atoms with Crippen molar-refractivity contribution in [1.82, 2.24) is 4.90 Å². The molecule has 1 aliphatic rings. The third-order valence-electron chi connectivity index (χ3n) is 3.71. The maximum atomic E-state index is 6.04. The summed E-state index contributed by atoms with van der Waals surface area (Å²) in [5.74, 6) is 0. The Morgan fingerprint density at radius 3 is 2.47 bits per heavy atom. The van der Waals surface area contributed by atoms with E-state index < -0.39 is 0 Å². The van der Waals surface area contributed by atoms with Crippen LogP contribution in [0.3, 0.4) is 0 Å². The summed E-state index contributed by atoms with van der Waals surface area (Å²) in [5, 5.41) is 0.